The van der Waals surface area contributed by atoms with E-state index in [0.717, 1.165) is 8.95 Å². The SMILES string of the molecule is COc1cc(Br)c(C(O)c2ccc(Cl)cc2Br)cc1OC. The smallest absolute Gasteiger partial charge is 0.161 e. The van der Waals surface area contributed by atoms with Gasteiger partial charge in [0.05, 0.1) is 14.2 Å². The summed E-state index contributed by atoms with van der Waals surface area (Å²) in [5, 5.41) is 11.2. The molecular formula is C15H13Br2ClO3. The van der Waals surface area contributed by atoms with Crippen molar-refractivity contribution in [3.63, 3.8) is 0 Å². The second-order valence-corrected chi connectivity index (χ2v) is 6.44. The molecule has 0 saturated carbocycles. The Morgan fingerprint density at radius 1 is 0.952 bits per heavy atom. The number of hydrogen-bond acceptors (Lipinski definition) is 3. The molecule has 2 rings (SSSR count). The Morgan fingerprint density at radius 2 is 1.52 bits per heavy atom. The lowest BCUT2D eigenvalue weighted by molar-refractivity contribution is 0.218. The summed E-state index contributed by atoms with van der Waals surface area (Å²) in [6.07, 6.45) is -0.828. The van der Waals surface area contributed by atoms with Crippen LogP contribution in [0.25, 0.3) is 0 Å². The highest BCUT2D eigenvalue weighted by Crippen LogP contribution is 2.39. The van der Waals surface area contributed by atoms with Crippen LogP contribution in [0.1, 0.15) is 17.2 Å². The Bertz CT molecular complexity index is 662. The molecule has 3 nitrogen and oxygen atoms in total. The van der Waals surface area contributed by atoms with Gasteiger partial charge < -0.3 is 14.6 Å². The summed E-state index contributed by atoms with van der Waals surface area (Å²) in [4.78, 5) is 0. The van der Waals surface area contributed by atoms with Crippen molar-refractivity contribution >= 4 is 43.5 Å². The van der Waals surface area contributed by atoms with Gasteiger partial charge in [-0.05, 0) is 29.8 Å². The Kier molecular flexibility index (Phi) is 5.54. The Hall–Kier alpha value is -0.750. The first-order valence-corrected chi connectivity index (χ1v) is 7.98. The summed E-state index contributed by atoms with van der Waals surface area (Å²) >= 11 is 12.8. The monoisotopic (exact) mass is 434 g/mol. The van der Waals surface area contributed by atoms with Crippen molar-refractivity contribution in [2.24, 2.45) is 0 Å². The zero-order valence-corrected chi connectivity index (χ0v) is 15.3. The van der Waals surface area contributed by atoms with E-state index in [2.05, 4.69) is 31.9 Å². The minimum absolute atomic E-state index is 0.555. The summed E-state index contributed by atoms with van der Waals surface area (Å²) in [6.45, 7) is 0. The highest BCUT2D eigenvalue weighted by atomic mass is 79.9. The Labute approximate surface area is 145 Å². The largest absolute Gasteiger partial charge is 0.493 e. The molecule has 6 heteroatoms. The number of aliphatic hydroxyl groups excluding tert-OH is 1. The molecule has 1 atom stereocenters. The van der Waals surface area contributed by atoms with Crippen LogP contribution in [-0.2, 0) is 0 Å². The Balaban J connectivity index is 2.50. The molecule has 2 aromatic rings. The normalized spacial score (nSPS) is 12.1. The van der Waals surface area contributed by atoms with E-state index in [1.165, 1.54) is 0 Å². The second-order valence-electron chi connectivity index (χ2n) is 4.30. The van der Waals surface area contributed by atoms with Gasteiger partial charge in [-0.25, -0.2) is 0 Å². The number of rotatable bonds is 4. The molecule has 0 aliphatic heterocycles. The first-order chi connectivity index (χ1) is 9.97. The second kappa shape index (κ2) is 7.01. The molecule has 0 radical (unpaired) electrons. The molecule has 2 aromatic carbocycles. The number of halogens is 3. The summed E-state index contributed by atoms with van der Waals surface area (Å²) in [5.41, 5.74) is 1.39. The summed E-state index contributed by atoms with van der Waals surface area (Å²) < 4.78 is 12.0. The number of hydrogen-bond donors (Lipinski definition) is 1. The van der Waals surface area contributed by atoms with Gasteiger partial charge in [-0.15, -0.1) is 0 Å². The molecular weight excluding hydrogens is 423 g/mol. The van der Waals surface area contributed by atoms with E-state index in [-0.39, 0.29) is 0 Å². The van der Waals surface area contributed by atoms with Gasteiger partial charge >= 0.3 is 0 Å². The molecule has 1 unspecified atom stereocenters. The van der Waals surface area contributed by atoms with Gasteiger partial charge in [-0.1, -0.05) is 49.5 Å². The topological polar surface area (TPSA) is 38.7 Å². The standard InChI is InChI=1S/C15H13Br2ClO3/c1-20-13-6-10(12(17)7-14(13)21-2)15(19)9-4-3-8(18)5-11(9)16/h3-7,15,19H,1-2H3. The fourth-order valence-electron chi connectivity index (χ4n) is 1.97. The highest BCUT2D eigenvalue weighted by Gasteiger charge is 2.19. The van der Waals surface area contributed by atoms with Crippen molar-refractivity contribution in [1.29, 1.82) is 0 Å². The van der Waals surface area contributed by atoms with Gasteiger partial charge in [-0.2, -0.15) is 0 Å². The molecule has 0 amide bonds. The lowest BCUT2D eigenvalue weighted by atomic mass is 10.0. The molecule has 1 N–H and O–H groups in total. The zero-order valence-electron chi connectivity index (χ0n) is 11.4. The molecule has 0 fully saturated rings. The van der Waals surface area contributed by atoms with Crippen LogP contribution < -0.4 is 9.47 Å². The molecule has 112 valence electrons. The van der Waals surface area contributed by atoms with Crippen LogP contribution in [0.4, 0.5) is 0 Å². The first kappa shape index (κ1) is 16.6. The molecule has 0 bridgehead atoms. The molecule has 0 spiro atoms. The van der Waals surface area contributed by atoms with Crippen LogP contribution in [0.5, 0.6) is 11.5 Å². The predicted octanol–water partition coefficient (Wildman–Crippen LogP) is 4.96. The predicted molar refractivity (Wildman–Crippen MR) is 90.5 cm³/mol. The third kappa shape index (κ3) is 3.54. The summed E-state index contributed by atoms with van der Waals surface area (Å²) in [7, 11) is 3.12. The Morgan fingerprint density at radius 3 is 2.10 bits per heavy atom. The van der Waals surface area contributed by atoms with E-state index >= 15 is 0 Å². The van der Waals surface area contributed by atoms with E-state index in [0.29, 0.717) is 27.6 Å². The van der Waals surface area contributed by atoms with Crippen LogP contribution in [0.2, 0.25) is 5.02 Å². The highest BCUT2D eigenvalue weighted by molar-refractivity contribution is 9.10. The third-order valence-electron chi connectivity index (χ3n) is 3.05. The van der Waals surface area contributed by atoms with E-state index in [4.69, 9.17) is 21.1 Å². The van der Waals surface area contributed by atoms with E-state index in [1.807, 2.05) is 0 Å². The molecule has 0 aliphatic rings. The van der Waals surface area contributed by atoms with Crippen LogP contribution in [0.3, 0.4) is 0 Å². The maximum Gasteiger partial charge on any atom is 0.161 e. The van der Waals surface area contributed by atoms with Crippen LogP contribution in [0, 0.1) is 0 Å². The average Bonchev–Trinajstić information content (AvgIpc) is 2.46. The molecule has 0 aromatic heterocycles. The average molecular weight is 437 g/mol. The number of aliphatic hydroxyl groups is 1. The van der Waals surface area contributed by atoms with Crippen LogP contribution >= 0.6 is 43.5 Å². The van der Waals surface area contributed by atoms with E-state index < -0.39 is 6.10 Å². The van der Waals surface area contributed by atoms with E-state index in [9.17, 15) is 5.11 Å². The molecule has 0 aliphatic carbocycles. The number of ether oxygens (including phenoxy) is 2. The molecule has 21 heavy (non-hydrogen) atoms. The van der Waals surface area contributed by atoms with Gasteiger partial charge in [0, 0.05) is 19.5 Å². The lowest BCUT2D eigenvalue weighted by Gasteiger charge is -2.18. The summed E-state index contributed by atoms with van der Waals surface area (Å²) in [5.74, 6) is 1.15. The maximum atomic E-state index is 10.6. The van der Waals surface area contributed by atoms with Crippen molar-refractivity contribution in [2.75, 3.05) is 14.2 Å². The van der Waals surface area contributed by atoms with Crippen molar-refractivity contribution in [2.45, 2.75) is 6.10 Å². The number of benzene rings is 2. The van der Waals surface area contributed by atoms with Gasteiger partial charge in [-0.3, -0.25) is 0 Å². The van der Waals surface area contributed by atoms with Gasteiger partial charge in [0.25, 0.3) is 0 Å². The fourth-order valence-corrected chi connectivity index (χ4v) is 3.41. The van der Waals surface area contributed by atoms with Crippen molar-refractivity contribution in [1.82, 2.24) is 0 Å². The molecule has 0 heterocycles. The zero-order chi connectivity index (χ0) is 15.6. The first-order valence-electron chi connectivity index (χ1n) is 6.02. The molecule has 0 saturated heterocycles. The van der Waals surface area contributed by atoms with Crippen molar-refractivity contribution in [3.8, 4) is 11.5 Å². The van der Waals surface area contributed by atoms with Gasteiger partial charge in [0.15, 0.2) is 11.5 Å². The minimum Gasteiger partial charge on any atom is -0.493 e. The summed E-state index contributed by atoms with van der Waals surface area (Å²) in [6, 6.07) is 8.77. The lowest BCUT2D eigenvalue weighted by Crippen LogP contribution is -2.03. The van der Waals surface area contributed by atoms with Gasteiger partial charge in [0.1, 0.15) is 6.10 Å². The van der Waals surface area contributed by atoms with E-state index in [1.54, 1.807) is 44.6 Å². The quantitative estimate of drug-likeness (QED) is 0.736. The van der Waals surface area contributed by atoms with Crippen LogP contribution in [0.15, 0.2) is 39.3 Å². The maximum absolute atomic E-state index is 10.6. The third-order valence-corrected chi connectivity index (χ3v) is 4.66. The van der Waals surface area contributed by atoms with Gasteiger partial charge in [0.2, 0.25) is 0 Å². The number of methoxy groups -OCH3 is 2. The fraction of sp³-hybridized carbons (Fsp3) is 0.200. The minimum atomic E-state index is -0.828. The van der Waals surface area contributed by atoms with Crippen molar-refractivity contribution in [3.05, 3.63) is 55.4 Å². The van der Waals surface area contributed by atoms with Crippen molar-refractivity contribution < 1.29 is 14.6 Å². The van der Waals surface area contributed by atoms with Crippen LogP contribution in [-0.4, -0.2) is 19.3 Å².